The molecule has 2 N–H and O–H groups in total. The van der Waals surface area contributed by atoms with Gasteiger partial charge >= 0.3 is 12.4 Å². The lowest BCUT2D eigenvalue weighted by Crippen LogP contribution is -2.50. The predicted octanol–water partition coefficient (Wildman–Crippen LogP) is 3.38. The van der Waals surface area contributed by atoms with Crippen LogP contribution in [0.5, 0.6) is 5.75 Å². The summed E-state index contributed by atoms with van der Waals surface area (Å²) in [6.07, 6.45) is 2.51. The summed E-state index contributed by atoms with van der Waals surface area (Å²) in [5.74, 6) is -0.337. The fraction of sp³-hybridized carbons (Fsp3) is 0.476. The molecule has 3 rings (SSSR count). The molecule has 0 aromatic heterocycles. The van der Waals surface area contributed by atoms with Gasteiger partial charge in [0.2, 0.25) is 10.0 Å². The minimum Gasteiger partial charge on any atom is -0.406 e. The van der Waals surface area contributed by atoms with Gasteiger partial charge in [0.05, 0.1) is 11.9 Å². The Morgan fingerprint density at radius 3 is 2.45 bits per heavy atom. The predicted molar refractivity (Wildman–Crippen MR) is 114 cm³/mol. The Hall–Kier alpha value is -2.73. The molecular formula is C21H26F3N3O5S. The summed E-state index contributed by atoms with van der Waals surface area (Å²) in [6, 6.07) is 4.56. The molecule has 1 aromatic rings. The highest BCUT2D eigenvalue weighted by atomic mass is 32.2. The molecule has 8 nitrogen and oxygen atoms in total. The van der Waals surface area contributed by atoms with Crippen LogP contribution in [0.3, 0.4) is 0 Å². The van der Waals surface area contributed by atoms with Crippen molar-refractivity contribution < 1.29 is 35.9 Å². The lowest BCUT2D eigenvalue weighted by Gasteiger charge is -2.39. The van der Waals surface area contributed by atoms with E-state index in [1.54, 1.807) is 26.0 Å². The van der Waals surface area contributed by atoms with Gasteiger partial charge in [-0.2, -0.15) is 0 Å². The van der Waals surface area contributed by atoms with Crippen molar-refractivity contribution in [2.45, 2.75) is 56.5 Å². The Morgan fingerprint density at radius 1 is 1.24 bits per heavy atom. The second kappa shape index (κ2) is 9.64. The number of rotatable bonds is 6. The number of nitrogens with one attached hydrogen (secondary N) is 2. The quantitative estimate of drug-likeness (QED) is 0.639. The summed E-state index contributed by atoms with van der Waals surface area (Å²) < 4.78 is 72.1. The van der Waals surface area contributed by atoms with Gasteiger partial charge in [-0.1, -0.05) is 12.1 Å². The van der Waals surface area contributed by atoms with Gasteiger partial charge in [-0.25, -0.2) is 13.2 Å². The molecular weight excluding hydrogens is 463 g/mol. The molecule has 1 saturated heterocycles. The van der Waals surface area contributed by atoms with Crippen molar-refractivity contribution in [2.24, 2.45) is 0 Å². The van der Waals surface area contributed by atoms with Crippen LogP contribution < -0.4 is 15.4 Å². The van der Waals surface area contributed by atoms with Crippen molar-refractivity contribution in [1.29, 1.82) is 0 Å². The van der Waals surface area contributed by atoms with Crippen molar-refractivity contribution in [3.05, 3.63) is 54.4 Å². The zero-order valence-electron chi connectivity index (χ0n) is 18.1. The summed E-state index contributed by atoms with van der Waals surface area (Å²) in [6.45, 7) is 3.69. The largest absolute Gasteiger partial charge is 0.573 e. The van der Waals surface area contributed by atoms with Gasteiger partial charge in [0, 0.05) is 31.4 Å². The average molecular weight is 490 g/mol. The number of hydrogen-bond acceptors (Lipinski definition) is 5. The standard InChI is InChI=1S/C21H26F3N3O5S/c1-15(2)33(29,30)27-10-8-20(9-11-27)13-17(7-12-31-20)26-19(28)25-14-16-3-5-18(6-4-16)32-21(22,23)24/h3-6,8-11,15,17H,7,12-14H2,1-2H3,(H2,25,26,28)/t17-/m0/s1. The van der Waals surface area contributed by atoms with Gasteiger partial charge in [-0.3, -0.25) is 4.31 Å². The average Bonchev–Trinajstić information content (AvgIpc) is 2.72. The molecule has 2 amide bonds. The van der Waals surface area contributed by atoms with Gasteiger partial charge in [0.1, 0.15) is 11.4 Å². The molecule has 0 aliphatic carbocycles. The molecule has 2 heterocycles. The number of alkyl halides is 3. The van der Waals surface area contributed by atoms with E-state index in [9.17, 15) is 26.4 Å². The molecule has 1 fully saturated rings. The smallest absolute Gasteiger partial charge is 0.406 e. The second-order valence-electron chi connectivity index (χ2n) is 8.07. The third-order valence-corrected chi connectivity index (χ3v) is 7.27. The molecule has 0 saturated carbocycles. The Balaban J connectivity index is 1.51. The third-order valence-electron chi connectivity index (χ3n) is 5.24. The molecule has 33 heavy (non-hydrogen) atoms. The Labute approximate surface area is 190 Å². The van der Waals surface area contributed by atoms with Gasteiger partial charge in [-0.05, 0) is 50.1 Å². The number of amides is 2. The van der Waals surface area contributed by atoms with Gasteiger partial charge in [0.15, 0.2) is 0 Å². The van der Waals surface area contributed by atoms with Crippen LogP contribution in [0.4, 0.5) is 18.0 Å². The first kappa shape index (κ1) is 24.9. The van der Waals surface area contributed by atoms with Crippen LogP contribution in [-0.2, 0) is 21.3 Å². The molecule has 0 bridgehead atoms. The highest BCUT2D eigenvalue weighted by Crippen LogP contribution is 2.32. The maximum atomic E-state index is 12.3. The van der Waals surface area contributed by atoms with Crippen LogP contribution >= 0.6 is 0 Å². The number of carbonyl (C=O) groups excluding carboxylic acids is 1. The molecule has 2 aliphatic heterocycles. The lowest BCUT2D eigenvalue weighted by molar-refractivity contribution is -0.274. The minimum atomic E-state index is -4.76. The summed E-state index contributed by atoms with van der Waals surface area (Å²) in [5.41, 5.74) is -0.208. The minimum absolute atomic E-state index is 0.119. The zero-order chi connectivity index (χ0) is 24.3. The summed E-state index contributed by atoms with van der Waals surface area (Å²) >= 11 is 0. The number of urea groups is 1. The van der Waals surface area contributed by atoms with Crippen molar-refractivity contribution >= 4 is 16.1 Å². The number of nitrogens with zero attached hydrogens (tertiary/aromatic N) is 1. The second-order valence-corrected chi connectivity index (χ2v) is 10.5. The van der Waals surface area contributed by atoms with E-state index in [4.69, 9.17) is 4.74 Å². The van der Waals surface area contributed by atoms with Crippen LogP contribution in [0.15, 0.2) is 48.8 Å². The lowest BCUT2D eigenvalue weighted by atomic mass is 9.89. The maximum absolute atomic E-state index is 12.3. The van der Waals surface area contributed by atoms with E-state index in [0.29, 0.717) is 25.0 Å². The molecule has 1 atom stereocenters. The number of benzene rings is 1. The zero-order valence-corrected chi connectivity index (χ0v) is 18.9. The van der Waals surface area contributed by atoms with Crippen molar-refractivity contribution in [2.75, 3.05) is 6.61 Å². The molecule has 1 spiro atoms. The highest BCUT2D eigenvalue weighted by molar-refractivity contribution is 7.89. The van der Waals surface area contributed by atoms with E-state index in [1.807, 2.05) is 0 Å². The van der Waals surface area contributed by atoms with Crippen molar-refractivity contribution in [1.82, 2.24) is 14.9 Å². The number of sulfonamides is 1. The number of halogens is 3. The van der Waals surface area contributed by atoms with E-state index in [-0.39, 0.29) is 18.3 Å². The first-order valence-electron chi connectivity index (χ1n) is 10.3. The van der Waals surface area contributed by atoms with E-state index in [1.165, 1.54) is 36.7 Å². The number of ether oxygens (including phenoxy) is 2. The van der Waals surface area contributed by atoms with E-state index in [0.717, 1.165) is 4.31 Å². The highest BCUT2D eigenvalue weighted by Gasteiger charge is 2.37. The number of carbonyl (C=O) groups is 1. The Kier molecular flexibility index (Phi) is 7.27. The maximum Gasteiger partial charge on any atom is 0.573 e. The molecule has 1 aromatic carbocycles. The van der Waals surface area contributed by atoms with E-state index >= 15 is 0 Å². The normalized spacial score (nSPS) is 20.2. The van der Waals surface area contributed by atoms with Gasteiger partial charge in [-0.15, -0.1) is 13.2 Å². The number of hydrogen-bond donors (Lipinski definition) is 2. The topological polar surface area (TPSA) is 97.0 Å². The Bertz CT molecular complexity index is 993. The summed E-state index contributed by atoms with van der Waals surface area (Å²) in [7, 11) is -3.47. The van der Waals surface area contributed by atoms with E-state index in [2.05, 4.69) is 15.4 Å². The molecule has 0 unspecified atom stereocenters. The molecule has 12 heteroatoms. The monoisotopic (exact) mass is 489 g/mol. The van der Waals surface area contributed by atoms with Crippen molar-refractivity contribution in [3.8, 4) is 5.75 Å². The van der Waals surface area contributed by atoms with E-state index < -0.39 is 33.3 Å². The van der Waals surface area contributed by atoms with Crippen LogP contribution in [0.2, 0.25) is 0 Å². The van der Waals surface area contributed by atoms with Gasteiger partial charge in [0.25, 0.3) is 0 Å². The first-order chi connectivity index (χ1) is 15.4. The van der Waals surface area contributed by atoms with Gasteiger partial charge < -0.3 is 20.1 Å². The SMILES string of the molecule is CC(C)S(=O)(=O)N1C=CC2(C=C1)C[C@@H](NC(=O)NCc1ccc(OC(F)(F)F)cc1)CCO2. The molecule has 0 radical (unpaired) electrons. The molecule has 2 aliphatic rings. The van der Waals surface area contributed by atoms with Crippen LogP contribution in [0, 0.1) is 0 Å². The summed E-state index contributed by atoms with van der Waals surface area (Å²) in [5, 5.41) is 4.96. The summed E-state index contributed by atoms with van der Waals surface area (Å²) in [4.78, 5) is 12.3. The van der Waals surface area contributed by atoms with Crippen LogP contribution in [0.1, 0.15) is 32.3 Å². The molecule has 182 valence electrons. The third kappa shape index (κ3) is 6.64. The van der Waals surface area contributed by atoms with Crippen LogP contribution in [-0.4, -0.2) is 48.6 Å². The fourth-order valence-electron chi connectivity index (χ4n) is 3.44. The fourth-order valence-corrected chi connectivity index (χ4v) is 4.39. The first-order valence-corrected chi connectivity index (χ1v) is 11.8. The Morgan fingerprint density at radius 2 is 1.88 bits per heavy atom. The van der Waals surface area contributed by atoms with Crippen LogP contribution in [0.25, 0.3) is 0 Å². The van der Waals surface area contributed by atoms with Crippen molar-refractivity contribution in [3.63, 3.8) is 0 Å².